The average molecular weight is 286 g/mol. The summed E-state index contributed by atoms with van der Waals surface area (Å²) in [6.07, 6.45) is 0. The van der Waals surface area contributed by atoms with Gasteiger partial charge in [-0.25, -0.2) is 0 Å². The third-order valence-corrected chi connectivity index (χ3v) is 3.20. The Bertz CT molecular complexity index is 611. The topological polar surface area (TPSA) is 57.2 Å². The van der Waals surface area contributed by atoms with Crippen LogP contribution in [0.2, 0.25) is 0 Å². The van der Waals surface area contributed by atoms with Crippen LogP contribution >= 0.6 is 0 Å². The van der Waals surface area contributed by atoms with Crippen molar-refractivity contribution >= 4 is 23.5 Å². The van der Waals surface area contributed by atoms with Gasteiger partial charge >= 0.3 is 0 Å². The maximum atomic E-state index is 4.56. The molecular weight excluding hydrogens is 264 g/mol. The predicted molar refractivity (Wildman–Crippen MR) is 87.6 cm³/mol. The first-order chi connectivity index (χ1) is 10.1. The Morgan fingerprint density at radius 2 is 1.71 bits per heavy atom. The van der Waals surface area contributed by atoms with Crippen molar-refractivity contribution in [1.82, 2.24) is 15.0 Å². The van der Waals surface area contributed by atoms with Crippen LogP contribution in [0.5, 0.6) is 0 Å². The third kappa shape index (κ3) is 3.21. The molecule has 0 aliphatic heterocycles. The Kier molecular flexibility index (Phi) is 4.57. The highest BCUT2D eigenvalue weighted by atomic mass is 15.3. The largest absolute Gasteiger partial charge is 0.357 e. The summed E-state index contributed by atoms with van der Waals surface area (Å²) in [6, 6.07) is 8.23. The van der Waals surface area contributed by atoms with Gasteiger partial charge in [-0.1, -0.05) is 18.2 Å². The molecule has 0 saturated carbocycles. The molecule has 1 aromatic heterocycles. The quantitative estimate of drug-likeness (QED) is 0.911. The number of para-hydroxylation sites is 1. The number of anilines is 4. The third-order valence-electron chi connectivity index (χ3n) is 3.20. The van der Waals surface area contributed by atoms with E-state index in [2.05, 4.69) is 51.1 Å². The second-order valence-corrected chi connectivity index (χ2v) is 4.93. The van der Waals surface area contributed by atoms with Gasteiger partial charge in [-0.3, -0.25) is 0 Å². The summed E-state index contributed by atoms with van der Waals surface area (Å²) in [5.41, 5.74) is 2.30. The lowest BCUT2D eigenvalue weighted by atomic mass is 10.2. The zero-order valence-corrected chi connectivity index (χ0v) is 13.3. The Labute approximate surface area is 125 Å². The Balaban J connectivity index is 2.52. The van der Waals surface area contributed by atoms with Crippen molar-refractivity contribution in [2.45, 2.75) is 13.8 Å². The van der Waals surface area contributed by atoms with E-state index in [0.29, 0.717) is 17.8 Å². The molecule has 2 rings (SSSR count). The van der Waals surface area contributed by atoms with Crippen molar-refractivity contribution < 1.29 is 0 Å². The van der Waals surface area contributed by atoms with Gasteiger partial charge < -0.3 is 15.1 Å². The summed E-state index contributed by atoms with van der Waals surface area (Å²) < 4.78 is 0. The van der Waals surface area contributed by atoms with Crippen molar-refractivity contribution in [1.29, 1.82) is 0 Å². The molecule has 0 unspecified atom stereocenters. The molecule has 1 heterocycles. The van der Waals surface area contributed by atoms with Crippen molar-refractivity contribution in [2.75, 3.05) is 42.8 Å². The maximum absolute atomic E-state index is 4.56. The Morgan fingerprint density at radius 3 is 2.29 bits per heavy atom. The second kappa shape index (κ2) is 6.39. The molecule has 6 nitrogen and oxygen atoms in total. The number of hydrogen-bond donors (Lipinski definition) is 1. The van der Waals surface area contributed by atoms with E-state index in [1.807, 2.05) is 38.2 Å². The molecule has 0 fully saturated rings. The fourth-order valence-electron chi connectivity index (χ4n) is 2.07. The number of nitrogens with one attached hydrogen (secondary N) is 1. The summed E-state index contributed by atoms with van der Waals surface area (Å²) in [5.74, 6) is 1.85. The molecule has 0 aliphatic rings. The van der Waals surface area contributed by atoms with Gasteiger partial charge in [0.15, 0.2) is 0 Å². The first-order valence-corrected chi connectivity index (χ1v) is 7.01. The number of benzene rings is 1. The Hall–Kier alpha value is -2.37. The minimum absolute atomic E-state index is 0.565. The van der Waals surface area contributed by atoms with Crippen LogP contribution in [0.15, 0.2) is 24.3 Å². The van der Waals surface area contributed by atoms with E-state index >= 15 is 0 Å². The van der Waals surface area contributed by atoms with Crippen LogP contribution < -0.4 is 15.1 Å². The number of hydrogen-bond acceptors (Lipinski definition) is 6. The fraction of sp³-hybridized carbons (Fsp3) is 0.400. The molecule has 1 N–H and O–H groups in total. The number of rotatable bonds is 5. The molecule has 0 radical (unpaired) electrons. The zero-order valence-electron chi connectivity index (χ0n) is 13.3. The number of aromatic nitrogens is 3. The van der Waals surface area contributed by atoms with Crippen molar-refractivity contribution in [3.63, 3.8) is 0 Å². The lowest BCUT2D eigenvalue weighted by Crippen LogP contribution is -2.23. The van der Waals surface area contributed by atoms with E-state index in [0.717, 1.165) is 12.2 Å². The highest BCUT2D eigenvalue weighted by molar-refractivity contribution is 5.62. The minimum Gasteiger partial charge on any atom is -0.357 e. The molecule has 0 atom stereocenters. The van der Waals surface area contributed by atoms with Gasteiger partial charge in [0.05, 0.1) is 0 Å². The fourth-order valence-corrected chi connectivity index (χ4v) is 2.07. The van der Waals surface area contributed by atoms with Crippen LogP contribution in [-0.4, -0.2) is 42.6 Å². The van der Waals surface area contributed by atoms with Gasteiger partial charge in [0, 0.05) is 33.4 Å². The molecule has 21 heavy (non-hydrogen) atoms. The van der Waals surface area contributed by atoms with Crippen molar-refractivity contribution in [2.24, 2.45) is 0 Å². The normalized spacial score (nSPS) is 10.3. The Morgan fingerprint density at radius 1 is 1.05 bits per heavy atom. The highest BCUT2D eigenvalue weighted by Gasteiger charge is 2.15. The summed E-state index contributed by atoms with van der Waals surface area (Å²) in [5, 5.41) is 2.99. The predicted octanol–water partition coefficient (Wildman–Crippen LogP) is 2.45. The summed E-state index contributed by atoms with van der Waals surface area (Å²) in [4.78, 5) is 17.4. The highest BCUT2D eigenvalue weighted by Crippen LogP contribution is 2.26. The van der Waals surface area contributed by atoms with Crippen LogP contribution in [0.25, 0.3) is 0 Å². The standard InChI is InChI=1S/C15H22N6/c1-6-21(12-10-8-7-9-11(12)2)15-18-13(16-3)17-14(19-15)20(4)5/h7-10H,6H2,1-5H3,(H,16,17,18,19). The van der Waals surface area contributed by atoms with Gasteiger partial charge in [-0.2, -0.15) is 15.0 Å². The number of nitrogens with zero attached hydrogens (tertiary/aromatic N) is 5. The molecule has 2 aromatic rings. The molecule has 0 bridgehead atoms. The molecule has 6 heteroatoms. The van der Waals surface area contributed by atoms with Crippen molar-refractivity contribution in [3.8, 4) is 0 Å². The molecule has 0 amide bonds. The molecule has 0 spiro atoms. The van der Waals surface area contributed by atoms with Crippen LogP contribution in [0.4, 0.5) is 23.5 Å². The monoisotopic (exact) mass is 286 g/mol. The SMILES string of the molecule is CCN(c1nc(NC)nc(N(C)C)n1)c1ccccc1C. The molecule has 0 aliphatic carbocycles. The maximum Gasteiger partial charge on any atom is 0.236 e. The molecular formula is C15H22N6. The van der Waals surface area contributed by atoms with E-state index in [9.17, 15) is 0 Å². The van der Waals surface area contributed by atoms with Gasteiger partial charge in [0.25, 0.3) is 0 Å². The minimum atomic E-state index is 0.565. The van der Waals surface area contributed by atoms with Crippen LogP contribution in [-0.2, 0) is 0 Å². The average Bonchev–Trinajstić information content (AvgIpc) is 2.49. The van der Waals surface area contributed by atoms with Crippen LogP contribution in [0.1, 0.15) is 12.5 Å². The van der Waals surface area contributed by atoms with E-state index in [-0.39, 0.29) is 0 Å². The lowest BCUT2D eigenvalue weighted by molar-refractivity contribution is 0.895. The summed E-state index contributed by atoms with van der Waals surface area (Å²) in [6.45, 7) is 4.96. The van der Waals surface area contributed by atoms with Crippen LogP contribution in [0, 0.1) is 6.92 Å². The molecule has 0 saturated heterocycles. The smallest absolute Gasteiger partial charge is 0.236 e. The van der Waals surface area contributed by atoms with E-state index in [1.54, 1.807) is 0 Å². The zero-order chi connectivity index (χ0) is 15.4. The lowest BCUT2D eigenvalue weighted by Gasteiger charge is -2.24. The summed E-state index contributed by atoms with van der Waals surface area (Å²) in [7, 11) is 5.65. The van der Waals surface area contributed by atoms with Gasteiger partial charge in [0.2, 0.25) is 17.8 Å². The van der Waals surface area contributed by atoms with Crippen LogP contribution in [0.3, 0.4) is 0 Å². The van der Waals surface area contributed by atoms with E-state index < -0.39 is 0 Å². The van der Waals surface area contributed by atoms with Crippen molar-refractivity contribution in [3.05, 3.63) is 29.8 Å². The molecule has 1 aromatic carbocycles. The van der Waals surface area contributed by atoms with Gasteiger partial charge in [-0.15, -0.1) is 0 Å². The number of aryl methyl sites for hydroxylation is 1. The van der Waals surface area contributed by atoms with Gasteiger partial charge in [-0.05, 0) is 25.5 Å². The second-order valence-electron chi connectivity index (χ2n) is 4.93. The first kappa shape index (κ1) is 15.0. The summed E-state index contributed by atoms with van der Waals surface area (Å²) >= 11 is 0. The first-order valence-electron chi connectivity index (χ1n) is 7.01. The van der Waals surface area contributed by atoms with Gasteiger partial charge in [0.1, 0.15) is 0 Å². The van der Waals surface area contributed by atoms with E-state index in [4.69, 9.17) is 0 Å². The molecule has 112 valence electrons. The van der Waals surface area contributed by atoms with E-state index in [1.165, 1.54) is 5.56 Å².